The molecule has 0 unspecified atom stereocenters. The van der Waals surface area contributed by atoms with Crippen LogP contribution in [0.2, 0.25) is 0 Å². The highest BCUT2D eigenvalue weighted by molar-refractivity contribution is 5.73. The first-order valence-corrected chi connectivity index (χ1v) is 21.2. The third kappa shape index (κ3) is 11.7. The Bertz CT molecular complexity index is 2320. The van der Waals surface area contributed by atoms with Gasteiger partial charge in [0.2, 0.25) is 0 Å². The number of hydrogen-bond acceptors (Lipinski definition) is 9. The first-order valence-electron chi connectivity index (χ1n) is 21.2. The summed E-state index contributed by atoms with van der Waals surface area (Å²) in [5.74, 6) is -0.233. The second-order valence-corrected chi connectivity index (χ2v) is 20.6. The van der Waals surface area contributed by atoms with E-state index in [1.165, 1.54) is 20.8 Å². The van der Waals surface area contributed by atoms with Crippen LogP contribution in [-0.2, 0) is 84.8 Å². The van der Waals surface area contributed by atoms with Crippen molar-refractivity contribution >= 4 is 17.9 Å². The van der Waals surface area contributed by atoms with E-state index in [0.29, 0.717) is 45.1 Å². The van der Waals surface area contributed by atoms with Gasteiger partial charge in [-0.15, -0.1) is 0 Å². The van der Waals surface area contributed by atoms with Gasteiger partial charge in [0.25, 0.3) is 0 Å². The van der Waals surface area contributed by atoms with Crippen molar-refractivity contribution in [3.63, 3.8) is 0 Å². The molecule has 0 aliphatic carbocycles. The fourth-order valence-corrected chi connectivity index (χ4v) is 7.49. The van der Waals surface area contributed by atoms with Crippen molar-refractivity contribution in [2.75, 3.05) is 0 Å². The smallest absolute Gasteiger partial charge is 0.308 e. The van der Waals surface area contributed by atoms with Crippen LogP contribution in [0.25, 0.3) is 0 Å². The monoisotopic (exact) mass is 834 g/mol. The summed E-state index contributed by atoms with van der Waals surface area (Å²) < 4.78 is 31.2. The largest absolute Gasteiger partial charge is 0.507 e. The molecule has 1 aliphatic rings. The molecule has 0 saturated carbocycles. The van der Waals surface area contributed by atoms with Crippen molar-refractivity contribution in [2.45, 2.75) is 165 Å². The number of rotatable bonds is 3. The van der Waals surface area contributed by atoms with Crippen LogP contribution in [0, 0.1) is 0 Å². The molecule has 4 aromatic rings. The second-order valence-electron chi connectivity index (χ2n) is 20.6. The zero-order chi connectivity index (χ0) is 45.4. The number of benzene rings is 4. The standard InChI is InChI=1S/C52H66O9/c1-30(53)59-46-34-16-33-18-41(49(4,5)6)22-37(45(33)56)26-57-27-38-23-43(51(10,11)12)20-35(47(38)60-31(2)54)17-36-21-44(52(13,14)15)25-40(48(36)61-32(3)55)29-58-28-39(46)24-42(19-34)50(7,8)9/h18-25,56H,16-17,26-29H2,1-15H3. The van der Waals surface area contributed by atoms with Gasteiger partial charge in [0.15, 0.2) is 0 Å². The third-order valence-electron chi connectivity index (χ3n) is 11.0. The average Bonchev–Trinajstić information content (AvgIpc) is 3.10. The van der Waals surface area contributed by atoms with E-state index in [4.69, 9.17) is 23.7 Å². The summed E-state index contributed by atoms with van der Waals surface area (Å²) in [4.78, 5) is 38.4. The zero-order valence-corrected chi connectivity index (χ0v) is 39.1. The molecule has 0 fully saturated rings. The van der Waals surface area contributed by atoms with Crippen LogP contribution < -0.4 is 14.2 Å². The summed E-state index contributed by atoms with van der Waals surface area (Å²) >= 11 is 0. The molecule has 9 heteroatoms. The maximum absolute atomic E-state index is 12.9. The van der Waals surface area contributed by atoms with Crippen LogP contribution in [-0.4, -0.2) is 23.0 Å². The molecule has 0 amide bonds. The third-order valence-corrected chi connectivity index (χ3v) is 11.0. The van der Waals surface area contributed by atoms with Gasteiger partial charge in [0.05, 0.1) is 26.4 Å². The Labute approximate surface area is 363 Å². The number of carbonyl (C=O) groups is 3. The fourth-order valence-electron chi connectivity index (χ4n) is 7.49. The number of esters is 3. The summed E-state index contributed by atoms with van der Waals surface area (Å²) in [5.41, 5.74) is 8.26. The van der Waals surface area contributed by atoms with Gasteiger partial charge < -0.3 is 28.8 Å². The summed E-state index contributed by atoms with van der Waals surface area (Å²) in [6, 6.07) is 16.2. The molecule has 1 aliphatic heterocycles. The summed E-state index contributed by atoms with van der Waals surface area (Å²) in [5, 5.41) is 12.0. The Hall–Kier alpha value is -4.99. The van der Waals surface area contributed by atoms with Crippen molar-refractivity contribution < 1.29 is 43.2 Å². The van der Waals surface area contributed by atoms with E-state index in [1.54, 1.807) is 0 Å². The lowest BCUT2D eigenvalue weighted by Gasteiger charge is -2.27. The molecule has 328 valence electrons. The quantitative estimate of drug-likeness (QED) is 0.159. The molecule has 9 nitrogen and oxygen atoms in total. The van der Waals surface area contributed by atoms with Gasteiger partial charge in [0.1, 0.15) is 23.0 Å². The van der Waals surface area contributed by atoms with E-state index >= 15 is 0 Å². The molecule has 61 heavy (non-hydrogen) atoms. The van der Waals surface area contributed by atoms with Crippen molar-refractivity contribution in [1.29, 1.82) is 0 Å². The molecule has 4 aromatic carbocycles. The van der Waals surface area contributed by atoms with Gasteiger partial charge in [-0.25, -0.2) is 0 Å². The summed E-state index contributed by atoms with van der Waals surface area (Å²) in [7, 11) is 0. The van der Waals surface area contributed by atoms with Gasteiger partial charge in [-0.1, -0.05) is 107 Å². The van der Waals surface area contributed by atoms with Crippen LogP contribution in [0.4, 0.5) is 0 Å². The molecular weight excluding hydrogens is 769 g/mol. The number of hydrogen-bond donors (Lipinski definition) is 1. The van der Waals surface area contributed by atoms with E-state index in [-0.39, 0.29) is 66.7 Å². The normalized spacial score (nSPS) is 14.2. The Kier molecular flexibility index (Phi) is 13.7. The first-order chi connectivity index (χ1) is 28.1. The maximum atomic E-state index is 12.9. The Morgan fingerprint density at radius 2 is 0.639 bits per heavy atom. The fraction of sp³-hybridized carbons (Fsp3) is 0.481. The molecule has 0 radical (unpaired) electrons. The second kappa shape index (κ2) is 17.8. The van der Waals surface area contributed by atoms with Gasteiger partial charge in [-0.3, -0.25) is 14.4 Å². The van der Waals surface area contributed by atoms with Gasteiger partial charge in [-0.2, -0.15) is 0 Å². The molecule has 0 spiro atoms. The van der Waals surface area contributed by atoms with Crippen LogP contribution in [0.1, 0.15) is 171 Å². The Balaban J connectivity index is 1.85. The predicted molar refractivity (Wildman–Crippen MR) is 239 cm³/mol. The molecular formula is C52H66O9. The molecule has 0 atom stereocenters. The number of carbonyl (C=O) groups excluding carboxylic acids is 3. The Morgan fingerprint density at radius 3 is 0.918 bits per heavy atom. The van der Waals surface area contributed by atoms with Crippen molar-refractivity contribution in [3.8, 4) is 23.0 Å². The summed E-state index contributed by atoms with van der Waals surface area (Å²) in [6.07, 6.45) is 0.508. The van der Waals surface area contributed by atoms with Gasteiger partial charge in [-0.05, 0) is 73.7 Å². The Morgan fingerprint density at radius 1 is 0.410 bits per heavy atom. The van der Waals surface area contributed by atoms with Crippen LogP contribution >= 0.6 is 0 Å². The number of ether oxygens (including phenoxy) is 5. The van der Waals surface area contributed by atoms with Crippen molar-refractivity contribution in [3.05, 3.63) is 115 Å². The van der Waals surface area contributed by atoms with Crippen molar-refractivity contribution in [1.82, 2.24) is 0 Å². The molecule has 5 rings (SSSR count). The van der Waals surface area contributed by atoms with Crippen molar-refractivity contribution in [2.24, 2.45) is 0 Å². The van der Waals surface area contributed by atoms with Crippen LogP contribution in [0.3, 0.4) is 0 Å². The van der Waals surface area contributed by atoms with E-state index in [0.717, 1.165) is 38.9 Å². The van der Waals surface area contributed by atoms with Gasteiger partial charge >= 0.3 is 17.9 Å². The number of phenolic OH excluding ortho intramolecular Hbond substituents is 1. The van der Waals surface area contributed by atoms with E-state index in [1.807, 2.05) is 48.5 Å². The highest BCUT2D eigenvalue weighted by atomic mass is 16.5. The van der Waals surface area contributed by atoms with Crippen LogP contribution in [0.15, 0.2) is 48.5 Å². The minimum Gasteiger partial charge on any atom is -0.507 e. The average molecular weight is 835 g/mol. The first kappa shape index (κ1) is 47.1. The maximum Gasteiger partial charge on any atom is 0.308 e. The molecule has 1 N–H and O–H groups in total. The lowest BCUT2D eigenvalue weighted by Crippen LogP contribution is -2.17. The molecule has 0 saturated heterocycles. The lowest BCUT2D eigenvalue weighted by molar-refractivity contribution is -0.133. The topological polar surface area (TPSA) is 118 Å². The van der Waals surface area contributed by atoms with Crippen LogP contribution in [0.5, 0.6) is 23.0 Å². The van der Waals surface area contributed by atoms with Gasteiger partial charge in [0, 0.05) is 72.6 Å². The number of phenols is 1. The highest BCUT2D eigenvalue weighted by Gasteiger charge is 2.28. The molecule has 8 bridgehead atoms. The lowest BCUT2D eigenvalue weighted by atomic mass is 9.82. The zero-order valence-electron chi connectivity index (χ0n) is 39.1. The molecule has 0 aromatic heterocycles. The minimum atomic E-state index is -0.487. The van der Waals surface area contributed by atoms with E-state index in [2.05, 4.69) is 83.1 Å². The predicted octanol–water partition coefficient (Wildman–Crippen LogP) is 11.3. The summed E-state index contributed by atoms with van der Waals surface area (Å²) in [6.45, 7) is 29.8. The number of aromatic hydroxyl groups is 1. The number of fused-ring (bicyclic) bond motifs is 8. The minimum absolute atomic E-state index is 0.0584. The molecule has 1 heterocycles. The van der Waals surface area contributed by atoms with E-state index in [9.17, 15) is 19.5 Å². The van der Waals surface area contributed by atoms with E-state index < -0.39 is 17.9 Å². The highest BCUT2D eigenvalue weighted by Crippen LogP contribution is 2.41. The SMILES string of the molecule is CC(=O)Oc1c2cc(C(C)(C)C)cc1Cc1cc(C(C)(C)C)cc(c1O)COCc1cc(C(C)(C)C)cc(c1OC(C)=O)Cc1cc(C(C)(C)C)cc(c1OC(C)=O)COC2.